The van der Waals surface area contributed by atoms with Gasteiger partial charge in [-0.3, -0.25) is 0 Å². The third kappa shape index (κ3) is 76.2. The van der Waals surface area contributed by atoms with E-state index in [-0.39, 0.29) is 21.1 Å². The molecule has 2 nitrogen and oxygen atoms in total. The van der Waals surface area contributed by atoms with E-state index in [1.54, 1.807) is 0 Å². The Morgan fingerprint density at radius 3 is 1.50 bits per heavy atom. The second-order valence-electron chi connectivity index (χ2n) is 0.289. The molecule has 0 spiro atoms. The van der Waals surface area contributed by atoms with E-state index >= 15 is 0 Å². The molecule has 0 aliphatic rings. The molecule has 0 rings (SSSR count). The Balaban J connectivity index is -0.0000000275. The van der Waals surface area contributed by atoms with Crippen molar-refractivity contribution in [3.63, 3.8) is 0 Å². The van der Waals surface area contributed by atoms with Crippen LogP contribution in [0.1, 0.15) is 0 Å². The third-order valence-corrected chi connectivity index (χ3v) is 0. The Labute approximate surface area is 55.6 Å². The molecule has 0 aromatic heterocycles. The summed E-state index contributed by atoms with van der Waals surface area (Å²) >= 11 is 0. The quantitative estimate of drug-likeness (QED) is 0.464. The molecule has 0 aromatic rings. The van der Waals surface area contributed by atoms with Gasteiger partial charge in [0.15, 0.2) is 0 Å². The molecular weight excluding hydrogens is 267 g/mol. The van der Waals surface area contributed by atoms with Crippen molar-refractivity contribution in [3.05, 3.63) is 6.92 Å². The smallest absolute Gasteiger partial charge is 0 e. The van der Waals surface area contributed by atoms with E-state index in [0.717, 1.165) is 0 Å². The summed E-state index contributed by atoms with van der Waals surface area (Å²) < 4.78 is 0. The molecule has 40 valence electrons. The van der Waals surface area contributed by atoms with Gasteiger partial charge in [0.2, 0.25) is 0 Å². The van der Waals surface area contributed by atoms with Gasteiger partial charge in [0.25, 0.3) is 0 Å². The van der Waals surface area contributed by atoms with Gasteiger partial charge >= 0.3 is 0 Å². The normalized spacial score (nSPS) is 4.00. The topological polar surface area (TPSA) is 52.0 Å². The summed E-state index contributed by atoms with van der Waals surface area (Å²) in [5.74, 6) is 0. The predicted octanol–water partition coefficient (Wildman–Crippen LogP) is -0.488. The zero-order valence-corrected chi connectivity index (χ0v) is 7.64. The summed E-state index contributed by atoms with van der Waals surface area (Å²) in [5, 5.41) is 0. The molecular formula is C2H10N2PW-. The first-order chi connectivity index (χ1) is 2.41. The predicted molar refractivity (Wildman–Crippen MR) is 28.3 cm³/mol. The molecule has 4 heteroatoms. The van der Waals surface area contributed by atoms with Crippen LogP contribution in [0.15, 0.2) is 0 Å². The maximum atomic E-state index is 4.74. The molecule has 0 fully saturated rings. The van der Waals surface area contributed by atoms with Crippen molar-refractivity contribution >= 4 is 9.39 Å². The molecule has 0 aliphatic carbocycles. The molecule has 0 saturated carbocycles. The van der Waals surface area contributed by atoms with Crippen LogP contribution in [0, 0.1) is 6.92 Å². The Morgan fingerprint density at radius 2 is 1.50 bits per heavy atom. The average molecular weight is 277 g/mol. The number of rotatable bonds is 0. The van der Waals surface area contributed by atoms with Crippen LogP contribution in [-0.2, 0) is 21.1 Å². The van der Waals surface area contributed by atoms with Crippen LogP contribution < -0.4 is 11.2 Å². The van der Waals surface area contributed by atoms with E-state index in [9.17, 15) is 0 Å². The average Bonchev–Trinajstić information content (AvgIpc) is 1.46. The zero-order chi connectivity index (χ0) is 4.71. The molecule has 0 aliphatic heterocycles. The van der Waals surface area contributed by atoms with E-state index < -0.39 is 0 Å². The van der Waals surface area contributed by atoms with E-state index in [4.69, 9.17) is 5.73 Å². The van der Waals surface area contributed by atoms with Crippen LogP contribution in [-0.4, -0.2) is 6.54 Å². The van der Waals surface area contributed by atoms with Crippen LogP contribution in [0.4, 0.5) is 0 Å². The fourth-order valence-electron chi connectivity index (χ4n) is 0. The first kappa shape index (κ1) is 15.7. The van der Waals surface area contributed by atoms with E-state index in [1.165, 1.54) is 0 Å². The van der Waals surface area contributed by atoms with Gasteiger partial charge in [0.1, 0.15) is 0 Å². The number of hydrogen-bond donors (Lipinski definition) is 2. The fraction of sp³-hybridized carbons (Fsp3) is 0.500. The van der Waals surface area contributed by atoms with Gasteiger partial charge in [0.05, 0.1) is 0 Å². The van der Waals surface area contributed by atoms with Crippen LogP contribution in [0.3, 0.4) is 0 Å². The van der Waals surface area contributed by atoms with Gasteiger partial charge < -0.3 is 18.2 Å². The molecule has 0 radical (unpaired) electrons. The van der Waals surface area contributed by atoms with E-state index in [0.29, 0.717) is 6.54 Å². The summed E-state index contributed by atoms with van der Waals surface area (Å²) in [6, 6.07) is 0. The number of nitrogens with two attached hydrogens (primary N) is 2. The second kappa shape index (κ2) is 36.9. The zero-order valence-electron chi connectivity index (χ0n) is 3.55. The summed E-state index contributed by atoms with van der Waals surface area (Å²) in [7, 11) is 1.92. The molecule has 1 atom stereocenters. The van der Waals surface area contributed by atoms with Crippen molar-refractivity contribution in [2.45, 2.75) is 0 Å². The van der Waals surface area contributed by atoms with Gasteiger partial charge in [-0.1, -0.05) is 9.39 Å². The van der Waals surface area contributed by atoms with Crippen LogP contribution in [0.25, 0.3) is 0 Å². The maximum absolute atomic E-state index is 4.74. The van der Waals surface area contributed by atoms with Gasteiger partial charge in [0, 0.05) is 21.1 Å². The Kier molecular flexibility index (Phi) is 96.8. The molecule has 0 heterocycles. The van der Waals surface area contributed by atoms with Crippen molar-refractivity contribution in [2.75, 3.05) is 6.54 Å². The van der Waals surface area contributed by atoms with E-state index in [2.05, 4.69) is 12.4 Å². The summed E-state index contributed by atoms with van der Waals surface area (Å²) in [6.45, 7) is 3.76. The van der Waals surface area contributed by atoms with Gasteiger partial charge in [-0.25, -0.2) is 0 Å². The first-order valence-electron chi connectivity index (χ1n) is 1.24. The second-order valence-corrected chi connectivity index (χ2v) is 0.289. The van der Waals surface area contributed by atoms with Crippen LogP contribution in [0.5, 0.6) is 0 Å². The maximum Gasteiger partial charge on any atom is 0 e. The van der Waals surface area contributed by atoms with Crippen molar-refractivity contribution in [1.82, 2.24) is 0 Å². The molecule has 1 unspecified atom stereocenters. The molecule has 0 bridgehead atoms. The van der Waals surface area contributed by atoms with E-state index in [1.807, 2.05) is 9.39 Å². The first-order valence-corrected chi connectivity index (χ1v) is 1.91. The van der Waals surface area contributed by atoms with Crippen molar-refractivity contribution in [2.24, 2.45) is 11.2 Å². The SMILES string of the molecule is NP.[CH2-]CN.[W]. The third-order valence-electron chi connectivity index (χ3n) is 0. The van der Waals surface area contributed by atoms with Crippen LogP contribution >= 0.6 is 9.39 Å². The van der Waals surface area contributed by atoms with Gasteiger partial charge in [-0.05, 0) is 0 Å². The molecule has 0 amide bonds. The minimum Gasteiger partial charge on any atom is -0.360 e. The summed E-state index contributed by atoms with van der Waals surface area (Å²) in [5.41, 5.74) is 9.15. The fourth-order valence-corrected chi connectivity index (χ4v) is 0. The van der Waals surface area contributed by atoms with Gasteiger partial charge in [-0.15, -0.1) is 6.54 Å². The molecule has 0 saturated heterocycles. The van der Waals surface area contributed by atoms with Crippen molar-refractivity contribution < 1.29 is 21.1 Å². The van der Waals surface area contributed by atoms with Gasteiger partial charge in [-0.2, -0.15) is 0 Å². The van der Waals surface area contributed by atoms with Crippen LogP contribution in [0.2, 0.25) is 0 Å². The largest absolute Gasteiger partial charge is 0.360 e. The van der Waals surface area contributed by atoms with Crippen molar-refractivity contribution in [3.8, 4) is 0 Å². The standard InChI is InChI=1S/C2H6N.H4NP.W/c1-2-3;1-2;/h1-3H2;1-2H2;/q-1;;. The monoisotopic (exact) mass is 277 g/mol. The summed E-state index contributed by atoms with van der Waals surface area (Å²) in [6.07, 6.45) is 0. The minimum atomic E-state index is 0. The molecule has 0 aromatic carbocycles. The summed E-state index contributed by atoms with van der Waals surface area (Å²) in [4.78, 5) is 0. The Morgan fingerprint density at radius 1 is 1.50 bits per heavy atom. The minimum absolute atomic E-state index is 0. The number of hydrogen-bond acceptors (Lipinski definition) is 2. The van der Waals surface area contributed by atoms with Crippen molar-refractivity contribution in [1.29, 1.82) is 0 Å². The Hall–Kier alpha value is 1.04. The molecule has 4 N–H and O–H groups in total. The molecule has 6 heavy (non-hydrogen) atoms. The Bertz CT molecular complexity index is 11.5.